The molecule has 0 fully saturated rings. The Morgan fingerprint density at radius 1 is 0.190 bits per heavy atom. The van der Waals surface area contributed by atoms with Crippen LogP contribution in [-0.4, -0.2) is 146 Å². The van der Waals surface area contributed by atoms with Crippen LogP contribution in [0.1, 0.15) is 0 Å². The van der Waals surface area contributed by atoms with Crippen LogP contribution >= 0.6 is 0 Å². The van der Waals surface area contributed by atoms with Crippen molar-refractivity contribution in [3.05, 3.63) is 0 Å². The van der Waals surface area contributed by atoms with Gasteiger partial charge in [-0.3, -0.25) is 72.8 Å². The molecule has 0 aromatic rings. The minimum Gasteiger partial charge on any atom is -0.412 e. The van der Waals surface area contributed by atoms with Crippen LogP contribution in [-0.2, 0) is 83.2 Å². The Labute approximate surface area is 266 Å². The Morgan fingerprint density at radius 2 is 0.190 bits per heavy atom. The standard InChI is InChI=1S/Gd.8H2O4S.H2O/c;8*1-5(2,3)4;/h;8*(H2,1,2,3,4);1H2. The average molecular weight is 960 g/mol. The molecule has 0 radical (unpaired) electrons. The monoisotopic (exact) mass is 960 g/mol. The molecule has 0 atom stereocenters. The molecule has 0 unspecified atom stereocenters. The molecule has 0 amide bonds. The van der Waals surface area contributed by atoms with Crippen molar-refractivity contribution in [3.63, 3.8) is 0 Å². The van der Waals surface area contributed by atoms with Crippen LogP contribution < -0.4 is 0 Å². The summed E-state index contributed by atoms with van der Waals surface area (Å²) in [6.45, 7) is 0. The Bertz CT molecular complexity index is 1060. The maximum absolute atomic E-state index is 8.74. The van der Waals surface area contributed by atoms with Crippen molar-refractivity contribution in [1.29, 1.82) is 0 Å². The second kappa shape index (κ2) is 28.7. The van der Waals surface area contributed by atoms with E-state index in [4.69, 9.17) is 140 Å². The van der Waals surface area contributed by atoms with E-state index in [1.165, 1.54) is 0 Å². The average Bonchev–Trinajstić information content (AvgIpc) is 2.16. The molecule has 0 saturated heterocycles. The summed E-state index contributed by atoms with van der Waals surface area (Å²) in [6, 6.07) is 0. The third-order valence-electron chi connectivity index (χ3n) is 0. The van der Waals surface area contributed by atoms with Crippen LogP contribution in [0.5, 0.6) is 0 Å². The minimum atomic E-state index is -4.67. The van der Waals surface area contributed by atoms with Gasteiger partial charge in [0.05, 0.1) is 0 Å². The molecule has 0 aliphatic rings. The SMILES string of the molecule is O.O=S(=O)(O)O.O=S(=O)(O)O.O=S(=O)(O)O.O=S(=O)(O)O.O=S(=O)(O)O.O=S(=O)(O)O.O=S(=O)(O)O.O=S(=O)(O)O.[Gd]. The molecule has 0 rings (SSSR count). The van der Waals surface area contributed by atoms with Crippen molar-refractivity contribution >= 4 is 83.2 Å². The van der Waals surface area contributed by atoms with E-state index >= 15 is 0 Å². The van der Waals surface area contributed by atoms with Gasteiger partial charge in [0.1, 0.15) is 0 Å². The van der Waals surface area contributed by atoms with E-state index in [1.807, 2.05) is 0 Å². The molecule has 0 saturated carbocycles. The van der Waals surface area contributed by atoms with Gasteiger partial charge in [-0.15, -0.1) is 0 Å². The van der Waals surface area contributed by atoms with Gasteiger partial charge in [-0.25, -0.2) is 0 Å². The summed E-state index contributed by atoms with van der Waals surface area (Å²) < 4.78 is 253. The van der Waals surface area contributed by atoms with Gasteiger partial charge in [0.25, 0.3) is 0 Å². The van der Waals surface area contributed by atoms with Gasteiger partial charge in [-0.2, -0.15) is 67.3 Å². The molecule has 0 aromatic heterocycles. The quantitative estimate of drug-likeness (QED) is 0.100. The summed E-state index contributed by atoms with van der Waals surface area (Å²) in [4.78, 5) is 0. The van der Waals surface area contributed by atoms with Crippen LogP contribution in [0.4, 0.5) is 0 Å². The maximum Gasteiger partial charge on any atom is 0.394 e. The van der Waals surface area contributed by atoms with Crippen molar-refractivity contribution in [2.45, 2.75) is 0 Å². The van der Waals surface area contributed by atoms with Crippen LogP contribution in [0.3, 0.4) is 0 Å². The molecule has 42 heavy (non-hydrogen) atoms. The van der Waals surface area contributed by atoms with E-state index in [9.17, 15) is 0 Å². The van der Waals surface area contributed by atoms with Crippen LogP contribution in [0.25, 0.3) is 0 Å². The van der Waals surface area contributed by atoms with Gasteiger partial charge in [0.2, 0.25) is 0 Å². The second-order valence-electron chi connectivity index (χ2n) is 3.58. The zero-order valence-corrected chi connectivity index (χ0v) is 26.6. The number of hydrogen-bond donors (Lipinski definition) is 16. The summed E-state index contributed by atoms with van der Waals surface area (Å²) in [5, 5.41) is 0. The summed E-state index contributed by atoms with van der Waals surface area (Å²) in [5.74, 6) is 0. The fourth-order valence-electron chi connectivity index (χ4n) is 0. The zero-order valence-electron chi connectivity index (χ0n) is 17.8. The topological polar surface area (TPSA) is 628 Å². The summed E-state index contributed by atoms with van der Waals surface area (Å²) in [7, 11) is -37.3. The van der Waals surface area contributed by atoms with Crippen molar-refractivity contribution in [2.75, 3.05) is 0 Å². The van der Waals surface area contributed by atoms with E-state index in [2.05, 4.69) is 0 Å². The first-order valence-corrected chi connectivity index (χ1v) is 16.8. The molecular weight excluding hydrogens is 942 g/mol. The molecule has 0 aliphatic carbocycles. The van der Waals surface area contributed by atoms with Gasteiger partial charge in [0, 0.05) is 39.9 Å². The van der Waals surface area contributed by atoms with E-state index < -0.39 is 83.2 Å². The van der Waals surface area contributed by atoms with Crippen molar-refractivity contribution in [3.8, 4) is 0 Å². The Kier molecular flexibility index (Phi) is 47.2. The molecule has 33 nitrogen and oxygen atoms in total. The Hall–Kier alpha value is 0.245. The fraction of sp³-hybridized carbons (Fsp3) is 0. The third kappa shape index (κ3) is 1040000. The summed E-state index contributed by atoms with van der Waals surface area (Å²) >= 11 is 0. The van der Waals surface area contributed by atoms with Crippen molar-refractivity contribution in [1.82, 2.24) is 0 Å². The first-order chi connectivity index (χ1) is 16.0. The maximum atomic E-state index is 8.74. The molecule has 0 aromatic carbocycles. The smallest absolute Gasteiger partial charge is 0.394 e. The Morgan fingerprint density at radius 3 is 0.190 bits per heavy atom. The van der Waals surface area contributed by atoms with Gasteiger partial charge in [-0.1, -0.05) is 0 Å². The Balaban J connectivity index is -0.0000000346. The predicted octanol–water partition coefficient (Wildman–Crippen LogP) is -6.05. The minimum absolute atomic E-state index is 0. The molecule has 18 N–H and O–H groups in total. The van der Waals surface area contributed by atoms with Gasteiger partial charge >= 0.3 is 83.2 Å². The summed E-state index contributed by atoms with van der Waals surface area (Å²) in [5.41, 5.74) is 0. The first-order valence-electron chi connectivity index (χ1n) is 5.59. The first kappa shape index (κ1) is 69.1. The van der Waals surface area contributed by atoms with E-state index in [1.54, 1.807) is 0 Å². The van der Waals surface area contributed by atoms with E-state index in [0.717, 1.165) is 0 Å². The third-order valence-corrected chi connectivity index (χ3v) is 0. The van der Waals surface area contributed by atoms with Crippen LogP contribution in [0.2, 0.25) is 0 Å². The largest absolute Gasteiger partial charge is 0.412 e. The normalized spacial score (nSPS) is 11.0. The molecular formula is H18GdO33S8. The van der Waals surface area contributed by atoms with Crippen LogP contribution in [0, 0.1) is 39.9 Å². The fourth-order valence-corrected chi connectivity index (χ4v) is 0. The van der Waals surface area contributed by atoms with Gasteiger partial charge in [0.15, 0.2) is 0 Å². The number of rotatable bonds is 0. The van der Waals surface area contributed by atoms with Crippen molar-refractivity contribution in [2.24, 2.45) is 0 Å². The van der Waals surface area contributed by atoms with Crippen LogP contribution in [0.15, 0.2) is 0 Å². The van der Waals surface area contributed by atoms with Crippen molar-refractivity contribution < 1.29 is 186 Å². The molecule has 0 heterocycles. The second-order valence-corrected chi connectivity index (χ2v) is 10.7. The molecule has 42 heteroatoms. The molecule has 0 spiro atoms. The predicted molar refractivity (Wildman–Crippen MR) is 117 cm³/mol. The molecule has 272 valence electrons. The van der Waals surface area contributed by atoms with Gasteiger partial charge in [-0.05, 0) is 0 Å². The van der Waals surface area contributed by atoms with E-state index in [-0.39, 0.29) is 45.4 Å². The number of hydrogen-bond acceptors (Lipinski definition) is 16. The molecule has 0 aliphatic heterocycles. The summed E-state index contributed by atoms with van der Waals surface area (Å²) in [6.07, 6.45) is 0. The van der Waals surface area contributed by atoms with Gasteiger partial charge < -0.3 is 5.48 Å². The van der Waals surface area contributed by atoms with E-state index in [0.29, 0.717) is 0 Å². The zero-order chi connectivity index (χ0) is 36.0. The molecule has 0 bridgehead atoms.